The number of aliphatic imine (C=N–C) groups is 1. The van der Waals surface area contributed by atoms with Gasteiger partial charge >= 0.3 is 0 Å². The molecule has 0 spiro atoms. The van der Waals surface area contributed by atoms with Crippen LogP contribution in [0.1, 0.15) is 19.8 Å². The van der Waals surface area contributed by atoms with E-state index < -0.39 is 0 Å². The standard InChI is InChI=1S/C17H28N6O2.HI/c1-3-18-17(19-10-14-4-8-25-9-5-14)22-6-7-23(16(24)13-22)15-11-20-21(2)12-15;/h11-12,14H,3-10,13H2,1-2H3,(H,18,19);1H. The van der Waals surface area contributed by atoms with Crippen LogP contribution in [0.25, 0.3) is 0 Å². The number of hydrogen-bond acceptors (Lipinski definition) is 4. The van der Waals surface area contributed by atoms with Crippen molar-refractivity contribution in [3.63, 3.8) is 0 Å². The zero-order valence-electron chi connectivity index (χ0n) is 15.6. The number of carbonyl (C=O) groups excluding carboxylic acids is 1. The Kier molecular flexibility index (Phi) is 8.14. The van der Waals surface area contributed by atoms with E-state index in [-0.39, 0.29) is 29.9 Å². The highest BCUT2D eigenvalue weighted by atomic mass is 127. The molecule has 8 nitrogen and oxygen atoms in total. The van der Waals surface area contributed by atoms with E-state index in [4.69, 9.17) is 9.73 Å². The van der Waals surface area contributed by atoms with Gasteiger partial charge in [-0.05, 0) is 25.7 Å². The predicted octanol–water partition coefficient (Wildman–Crippen LogP) is 1.08. The first-order valence-corrected chi connectivity index (χ1v) is 9.07. The smallest absolute Gasteiger partial charge is 0.246 e. The zero-order valence-corrected chi connectivity index (χ0v) is 17.9. The van der Waals surface area contributed by atoms with Gasteiger partial charge in [0.05, 0.1) is 11.9 Å². The molecule has 0 unspecified atom stereocenters. The summed E-state index contributed by atoms with van der Waals surface area (Å²) in [6.45, 7) is 7.06. The molecule has 2 aliphatic rings. The van der Waals surface area contributed by atoms with Crippen LogP contribution in [0.5, 0.6) is 0 Å². The highest BCUT2D eigenvalue weighted by Crippen LogP contribution is 2.17. The lowest BCUT2D eigenvalue weighted by atomic mass is 10.0. The summed E-state index contributed by atoms with van der Waals surface area (Å²) >= 11 is 0. The Morgan fingerprint density at radius 2 is 2.15 bits per heavy atom. The van der Waals surface area contributed by atoms with Gasteiger partial charge in [0.1, 0.15) is 6.54 Å². The van der Waals surface area contributed by atoms with E-state index in [1.807, 2.05) is 13.2 Å². The minimum absolute atomic E-state index is 0. The number of aryl methyl sites for hydroxylation is 1. The Labute approximate surface area is 172 Å². The molecular weight excluding hydrogens is 447 g/mol. The maximum Gasteiger partial charge on any atom is 0.246 e. The van der Waals surface area contributed by atoms with Crippen LogP contribution in [-0.4, -0.2) is 72.5 Å². The zero-order chi connectivity index (χ0) is 17.6. The number of guanidine groups is 1. The number of nitrogens with zero attached hydrogens (tertiary/aromatic N) is 5. The molecule has 2 aliphatic heterocycles. The summed E-state index contributed by atoms with van der Waals surface area (Å²) in [4.78, 5) is 21.2. The van der Waals surface area contributed by atoms with E-state index in [0.29, 0.717) is 19.0 Å². The summed E-state index contributed by atoms with van der Waals surface area (Å²) in [6.07, 6.45) is 5.74. The van der Waals surface area contributed by atoms with Crippen LogP contribution in [0, 0.1) is 5.92 Å². The topological polar surface area (TPSA) is 75.0 Å². The van der Waals surface area contributed by atoms with Gasteiger partial charge in [-0.15, -0.1) is 24.0 Å². The molecule has 3 heterocycles. The van der Waals surface area contributed by atoms with E-state index in [1.165, 1.54) is 0 Å². The van der Waals surface area contributed by atoms with Gasteiger partial charge in [0.25, 0.3) is 0 Å². The first kappa shape index (κ1) is 20.9. The SMILES string of the molecule is CCNC(=NCC1CCOCC1)N1CCN(c2cnn(C)c2)C(=O)C1.I. The second-order valence-corrected chi connectivity index (χ2v) is 6.59. The monoisotopic (exact) mass is 476 g/mol. The lowest BCUT2D eigenvalue weighted by molar-refractivity contribution is -0.120. The third-order valence-corrected chi connectivity index (χ3v) is 4.70. The van der Waals surface area contributed by atoms with Crippen molar-refractivity contribution in [2.75, 3.05) is 50.8 Å². The first-order valence-electron chi connectivity index (χ1n) is 9.07. The average Bonchev–Trinajstić information content (AvgIpc) is 3.05. The summed E-state index contributed by atoms with van der Waals surface area (Å²) < 4.78 is 7.13. The van der Waals surface area contributed by atoms with Crippen molar-refractivity contribution >= 4 is 41.5 Å². The quantitative estimate of drug-likeness (QED) is 0.400. The van der Waals surface area contributed by atoms with Gasteiger partial charge in [-0.2, -0.15) is 5.10 Å². The summed E-state index contributed by atoms with van der Waals surface area (Å²) in [5, 5.41) is 7.48. The van der Waals surface area contributed by atoms with Crippen molar-refractivity contribution in [3.05, 3.63) is 12.4 Å². The van der Waals surface area contributed by atoms with Crippen LogP contribution >= 0.6 is 24.0 Å². The molecule has 0 saturated carbocycles. The van der Waals surface area contributed by atoms with Crippen molar-refractivity contribution in [2.45, 2.75) is 19.8 Å². The number of nitrogens with one attached hydrogen (secondary N) is 1. The van der Waals surface area contributed by atoms with E-state index in [0.717, 1.165) is 57.3 Å². The Balaban J connectivity index is 0.00000243. The minimum atomic E-state index is 0. The van der Waals surface area contributed by atoms with E-state index in [9.17, 15) is 4.79 Å². The Bertz CT molecular complexity index is 614. The van der Waals surface area contributed by atoms with Crippen LogP contribution in [-0.2, 0) is 16.6 Å². The van der Waals surface area contributed by atoms with E-state index >= 15 is 0 Å². The molecule has 0 radical (unpaired) electrons. The lowest BCUT2D eigenvalue weighted by Gasteiger charge is -2.35. The largest absolute Gasteiger partial charge is 0.381 e. The molecule has 0 aliphatic carbocycles. The predicted molar refractivity (Wildman–Crippen MR) is 112 cm³/mol. The molecule has 2 saturated heterocycles. The molecule has 0 atom stereocenters. The molecule has 0 bridgehead atoms. The molecule has 1 aromatic heterocycles. The summed E-state index contributed by atoms with van der Waals surface area (Å²) in [5.41, 5.74) is 0.858. The fourth-order valence-corrected chi connectivity index (χ4v) is 3.25. The number of halogens is 1. The fraction of sp³-hybridized carbons (Fsp3) is 0.706. The normalized spacial score (nSPS) is 19.5. The number of ether oxygens (including phenoxy) is 1. The van der Waals surface area contributed by atoms with Crippen LogP contribution in [0.2, 0.25) is 0 Å². The number of rotatable bonds is 4. The van der Waals surface area contributed by atoms with Crippen LogP contribution < -0.4 is 10.2 Å². The number of hydrogen-bond donors (Lipinski definition) is 1. The van der Waals surface area contributed by atoms with E-state index in [1.54, 1.807) is 15.8 Å². The average molecular weight is 476 g/mol. The Morgan fingerprint density at radius 3 is 2.77 bits per heavy atom. The molecule has 0 aromatic carbocycles. The number of aromatic nitrogens is 2. The number of piperazine rings is 1. The van der Waals surface area contributed by atoms with Crippen LogP contribution in [0.4, 0.5) is 5.69 Å². The summed E-state index contributed by atoms with van der Waals surface area (Å²) in [7, 11) is 1.86. The first-order chi connectivity index (χ1) is 12.2. The lowest BCUT2D eigenvalue weighted by Crippen LogP contribution is -2.55. The molecule has 26 heavy (non-hydrogen) atoms. The summed E-state index contributed by atoms with van der Waals surface area (Å²) in [6, 6.07) is 0. The molecular formula is C17H29IN6O2. The van der Waals surface area contributed by atoms with Crippen LogP contribution in [0.15, 0.2) is 17.4 Å². The third kappa shape index (κ3) is 5.32. The molecule has 1 N–H and O–H groups in total. The van der Waals surface area contributed by atoms with Gasteiger partial charge in [-0.25, -0.2) is 0 Å². The van der Waals surface area contributed by atoms with Crippen molar-refractivity contribution in [3.8, 4) is 0 Å². The van der Waals surface area contributed by atoms with Gasteiger partial charge in [-0.1, -0.05) is 0 Å². The van der Waals surface area contributed by atoms with Gasteiger partial charge in [-0.3, -0.25) is 14.5 Å². The Hall–Kier alpha value is -1.36. The number of carbonyl (C=O) groups is 1. The van der Waals surface area contributed by atoms with Gasteiger partial charge < -0.3 is 19.9 Å². The molecule has 146 valence electrons. The second-order valence-electron chi connectivity index (χ2n) is 6.59. The second kappa shape index (κ2) is 10.1. The highest BCUT2D eigenvalue weighted by Gasteiger charge is 2.27. The fourth-order valence-electron chi connectivity index (χ4n) is 3.25. The van der Waals surface area contributed by atoms with Crippen molar-refractivity contribution in [1.29, 1.82) is 0 Å². The van der Waals surface area contributed by atoms with Gasteiger partial charge in [0.2, 0.25) is 5.91 Å². The van der Waals surface area contributed by atoms with Gasteiger partial charge in [0.15, 0.2) is 5.96 Å². The number of amides is 1. The third-order valence-electron chi connectivity index (χ3n) is 4.70. The molecule has 1 aromatic rings. The van der Waals surface area contributed by atoms with Crippen molar-refractivity contribution in [2.24, 2.45) is 18.0 Å². The molecule has 9 heteroatoms. The minimum Gasteiger partial charge on any atom is -0.381 e. The summed E-state index contributed by atoms with van der Waals surface area (Å²) in [5.74, 6) is 1.50. The maximum atomic E-state index is 12.6. The van der Waals surface area contributed by atoms with Gasteiger partial charge in [0, 0.05) is 52.6 Å². The number of anilines is 1. The molecule has 1 amide bonds. The highest BCUT2D eigenvalue weighted by molar-refractivity contribution is 14.0. The van der Waals surface area contributed by atoms with Crippen molar-refractivity contribution in [1.82, 2.24) is 20.0 Å². The Morgan fingerprint density at radius 1 is 1.38 bits per heavy atom. The molecule has 2 fully saturated rings. The maximum absolute atomic E-state index is 12.6. The van der Waals surface area contributed by atoms with E-state index in [2.05, 4.69) is 22.2 Å². The molecule has 3 rings (SSSR count). The van der Waals surface area contributed by atoms with Crippen LogP contribution in [0.3, 0.4) is 0 Å². The van der Waals surface area contributed by atoms with Crippen molar-refractivity contribution < 1.29 is 9.53 Å².